The fourth-order valence-corrected chi connectivity index (χ4v) is 7.53. The number of amides is 1. The summed E-state index contributed by atoms with van der Waals surface area (Å²) in [6.07, 6.45) is 2.57. The van der Waals surface area contributed by atoms with Crippen molar-refractivity contribution in [3.05, 3.63) is 122 Å². The summed E-state index contributed by atoms with van der Waals surface area (Å²) in [6, 6.07) is 14.5. The van der Waals surface area contributed by atoms with E-state index in [2.05, 4.69) is 14.4 Å². The Morgan fingerprint density at radius 2 is 1.57 bits per heavy atom. The Morgan fingerprint density at radius 3 is 2.17 bits per heavy atom. The highest BCUT2D eigenvalue weighted by molar-refractivity contribution is 6.35. The van der Waals surface area contributed by atoms with Gasteiger partial charge in [-0.05, 0) is 80.7 Å². The van der Waals surface area contributed by atoms with Gasteiger partial charge in [-0.1, -0.05) is 53.5 Å². The number of nitrogens with zero attached hydrogens (tertiary/aromatic N) is 3. The van der Waals surface area contributed by atoms with Crippen LogP contribution in [0.2, 0.25) is 10.0 Å². The van der Waals surface area contributed by atoms with Crippen LogP contribution in [0.1, 0.15) is 46.8 Å². The standard InChI is InChI=1S/C37H32Cl2F5N3O7/c1-37(32-25(38)18-46(50)19-26(32)39,24-10-11-29(51-34(41)42)30(16-24)52-35(43)44)54-33(48)23-8-6-21(7-9-23)17-47(28-5-3-2-4-27(28)40)36(49)53-31-20-45-14-12-22(31)13-15-45/h2-11,16,18-19,22,31,34-35H,12-15,17,20H2,1H3/t31-,37+/m0/s1. The van der Waals surface area contributed by atoms with E-state index < -0.39 is 48.2 Å². The molecule has 1 amide bonds. The van der Waals surface area contributed by atoms with Gasteiger partial charge in [0.25, 0.3) is 0 Å². The van der Waals surface area contributed by atoms with E-state index in [0.717, 1.165) is 56.5 Å². The van der Waals surface area contributed by atoms with Crippen LogP contribution < -0.4 is 19.1 Å². The third kappa shape index (κ3) is 8.58. The van der Waals surface area contributed by atoms with Crippen LogP contribution in [0.15, 0.2) is 79.1 Å². The van der Waals surface area contributed by atoms with Gasteiger partial charge in [-0.3, -0.25) is 9.80 Å². The van der Waals surface area contributed by atoms with E-state index in [4.69, 9.17) is 32.7 Å². The largest absolute Gasteiger partial charge is 0.619 e. The minimum Gasteiger partial charge on any atom is -0.619 e. The molecule has 3 aromatic carbocycles. The van der Waals surface area contributed by atoms with Gasteiger partial charge >= 0.3 is 25.3 Å². The molecule has 4 heterocycles. The molecule has 10 nitrogen and oxygen atoms in total. The lowest BCUT2D eigenvalue weighted by Gasteiger charge is -2.44. The van der Waals surface area contributed by atoms with Crippen molar-refractivity contribution in [2.24, 2.45) is 5.92 Å². The number of hydrogen-bond acceptors (Lipinski definition) is 8. The number of hydrogen-bond donors (Lipinski definition) is 0. The molecule has 3 aliphatic rings. The first-order valence-corrected chi connectivity index (χ1v) is 17.4. The molecule has 4 aromatic rings. The summed E-state index contributed by atoms with van der Waals surface area (Å²) >= 11 is 12.8. The normalized spacial score (nSPS) is 19.0. The molecule has 7 rings (SSSR count). The van der Waals surface area contributed by atoms with Crippen LogP contribution >= 0.6 is 23.2 Å². The van der Waals surface area contributed by atoms with Crippen LogP contribution in [0.4, 0.5) is 32.4 Å². The first kappa shape index (κ1) is 38.9. The number of para-hydroxylation sites is 1. The molecule has 0 radical (unpaired) electrons. The molecular formula is C37H32Cl2F5N3O7. The summed E-state index contributed by atoms with van der Waals surface area (Å²) in [5.41, 5.74) is -1.88. The molecule has 0 spiro atoms. The zero-order valence-electron chi connectivity index (χ0n) is 28.4. The van der Waals surface area contributed by atoms with Crippen molar-refractivity contribution in [2.75, 3.05) is 24.5 Å². The lowest BCUT2D eigenvalue weighted by atomic mass is 9.86. The van der Waals surface area contributed by atoms with Crippen molar-refractivity contribution in [2.45, 2.75) is 51.2 Å². The van der Waals surface area contributed by atoms with Gasteiger partial charge in [0.2, 0.25) is 0 Å². The van der Waals surface area contributed by atoms with Crippen molar-refractivity contribution in [3.63, 3.8) is 0 Å². The van der Waals surface area contributed by atoms with Gasteiger partial charge in [-0.15, -0.1) is 0 Å². The Labute approximate surface area is 316 Å². The topological polar surface area (TPSA) is 104 Å². The maximum atomic E-state index is 15.0. The molecule has 17 heteroatoms. The number of aromatic nitrogens is 1. The van der Waals surface area contributed by atoms with Gasteiger partial charge in [0, 0.05) is 17.7 Å². The summed E-state index contributed by atoms with van der Waals surface area (Å²) in [5, 5.41) is 11.5. The molecule has 0 unspecified atom stereocenters. The molecular weight excluding hydrogens is 764 g/mol. The van der Waals surface area contributed by atoms with Crippen LogP contribution in [-0.4, -0.2) is 55.9 Å². The van der Waals surface area contributed by atoms with Crippen LogP contribution in [0.3, 0.4) is 0 Å². The predicted molar refractivity (Wildman–Crippen MR) is 185 cm³/mol. The minimum atomic E-state index is -3.45. The predicted octanol–water partition coefficient (Wildman–Crippen LogP) is 8.33. The monoisotopic (exact) mass is 795 g/mol. The molecule has 54 heavy (non-hydrogen) atoms. The molecule has 286 valence electrons. The number of esters is 1. The highest BCUT2D eigenvalue weighted by Gasteiger charge is 2.41. The number of carbonyl (C=O) groups is 2. The number of anilines is 1. The maximum Gasteiger partial charge on any atom is 0.415 e. The molecule has 0 aliphatic carbocycles. The number of benzene rings is 3. The van der Waals surface area contributed by atoms with Gasteiger partial charge in [-0.2, -0.15) is 22.3 Å². The summed E-state index contributed by atoms with van der Waals surface area (Å²) < 4.78 is 88.7. The SMILES string of the molecule is C[C@@](OC(=O)c1ccc(CN(C(=O)O[C@H]2CN3CCC2CC3)c2ccccc2F)cc1)(c1ccc(OC(F)F)c(OC(F)F)c1)c1c(Cl)c[n+]([O-])cc1Cl. The van der Waals surface area contributed by atoms with E-state index in [1.54, 1.807) is 6.07 Å². The second-order valence-corrected chi connectivity index (χ2v) is 13.6. The number of carbonyl (C=O) groups excluding carboxylic acids is 2. The number of fused-ring (bicyclic) bond motifs is 3. The smallest absolute Gasteiger partial charge is 0.415 e. The van der Waals surface area contributed by atoms with E-state index >= 15 is 4.39 Å². The van der Waals surface area contributed by atoms with Crippen LogP contribution in [0, 0.1) is 16.9 Å². The van der Waals surface area contributed by atoms with Gasteiger partial charge in [0.1, 0.15) is 22.0 Å². The molecule has 0 saturated carbocycles. The zero-order chi connectivity index (χ0) is 38.7. The Morgan fingerprint density at radius 1 is 0.944 bits per heavy atom. The highest BCUT2D eigenvalue weighted by atomic mass is 35.5. The van der Waals surface area contributed by atoms with Crippen molar-refractivity contribution < 1.29 is 55.2 Å². The minimum absolute atomic E-state index is 0.000736. The maximum absolute atomic E-state index is 15.0. The third-order valence-corrected chi connectivity index (χ3v) is 9.97. The fraction of sp³-hybridized carbons (Fsp3) is 0.324. The van der Waals surface area contributed by atoms with Gasteiger partial charge in [0.05, 0.1) is 17.8 Å². The van der Waals surface area contributed by atoms with E-state index in [1.165, 1.54) is 54.3 Å². The third-order valence-electron chi connectivity index (χ3n) is 9.40. The Hall–Kier alpha value is -4.86. The first-order chi connectivity index (χ1) is 25.7. The molecule has 3 saturated heterocycles. The van der Waals surface area contributed by atoms with Crippen molar-refractivity contribution >= 4 is 41.0 Å². The quantitative estimate of drug-likeness (QED) is 0.0611. The van der Waals surface area contributed by atoms with Crippen molar-refractivity contribution in [1.82, 2.24) is 4.90 Å². The van der Waals surface area contributed by atoms with Gasteiger partial charge < -0.3 is 24.2 Å². The van der Waals surface area contributed by atoms with Crippen molar-refractivity contribution in [1.29, 1.82) is 0 Å². The molecule has 1 aromatic heterocycles. The Balaban J connectivity index is 1.29. The van der Waals surface area contributed by atoms with Crippen LogP contribution in [0.5, 0.6) is 11.5 Å². The van der Waals surface area contributed by atoms with Gasteiger partial charge in [0.15, 0.2) is 29.5 Å². The van der Waals surface area contributed by atoms with Crippen LogP contribution in [0.25, 0.3) is 0 Å². The first-order valence-electron chi connectivity index (χ1n) is 16.6. The number of pyridine rings is 1. The van der Waals surface area contributed by atoms with Gasteiger partial charge in [-0.25, -0.2) is 14.0 Å². The average Bonchev–Trinajstić information content (AvgIpc) is 3.11. The Kier molecular flexibility index (Phi) is 11.7. The highest BCUT2D eigenvalue weighted by Crippen LogP contribution is 2.44. The second kappa shape index (κ2) is 16.2. The number of alkyl halides is 4. The van der Waals surface area contributed by atoms with E-state index in [0.29, 0.717) is 12.1 Å². The van der Waals surface area contributed by atoms with E-state index in [1.807, 2.05) is 0 Å². The lowest BCUT2D eigenvalue weighted by molar-refractivity contribution is -0.605. The Bertz CT molecular complexity index is 1980. The number of halogens is 7. The van der Waals surface area contributed by atoms with E-state index in [-0.39, 0.29) is 55.7 Å². The molecule has 3 fully saturated rings. The summed E-state index contributed by atoms with van der Waals surface area (Å²) in [7, 11) is 0. The lowest BCUT2D eigenvalue weighted by Crippen LogP contribution is -2.53. The zero-order valence-corrected chi connectivity index (χ0v) is 29.9. The molecule has 0 N–H and O–H groups in total. The number of ether oxygens (including phenoxy) is 4. The fourth-order valence-electron chi connectivity index (χ4n) is 6.73. The number of rotatable bonds is 12. The second-order valence-electron chi connectivity index (χ2n) is 12.8. The summed E-state index contributed by atoms with van der Waals surface area (Å²) in [5.74, 6) is -2.97. The molecule has 2 atom stereocenters. The van der Waals surface area contributed by atoms with Crippen molar-refractivity contribution in [3.8, 4) is 11.5 Å². The average molecular weight is 797 g/mol. The number of piperidine rings is 3. The molecule has 3 aliphatic heterocycles. The summed E-state index contributed by atoms with van der Waals surface area (Å²) in [6.45, 7) is -3.20. The molecule has 2 bridgehead atoms. The van der Waals surface area contributed by atoms with E-state index in [9.17, 15) is 32.4 Å². The van der Waals surface area contributed by atoms with Crippen LogP contribution in [-0.2, 0) is 21.6 Å². The summed E-state index contributed by atoms with van der Waals surface area (Å²) in [4.78, 5) is 30.8.